The lowest BCUT2D eigenvalue weighted by Gasteiger charge is -2.14. The standard InChI is InChI=1S/C14H19ClFN/c1-4-7-17-11(3)10(2)8-12-5-6-14(16)13(15)9-12/h5-6,8-9,11,17H,4,7H2,1-3H3/b10-8+. The first-order valence-electron chi connectivity index (χ1n) is 5.91. The average molecular weight is 256 g/mol. The van der Waals surface area contributed by atoms with Crippen LogP contribution in [-0.4, -0.2) is 12.6 Å². The van der Waals surface area contributed by atoms with Crippen molar-refractivity contribution in [2.45, 2.75) is 33.2 Å². The minimum absolute atomic E-state index is 0.167. The van der Waals surface area contributed by atoms with Crippen LogP contribution >= 0.6 is 11.6 Å². The molecule has 17 heavy (non-hydrogen) atoms. The van der Waals surface area contributed by atoms with Crippen LogP contribution < -0.4 is 5.32 Å². The molecular formula is C14H19ClFN. The summed E-state index contributed by atoms with van der Waals surface area (Å²) in [5.41, 5.74) is 2.14. The third-order valence-corrected chi connectivity index (χ3v) is 3.01. The van der Waals surface area contributed by atoms with Gasteiger partial charge in [-0.25, -0.2) is 4.39 Å². The lowest BCUT2D eigenvalue weighted by molar-refractivity contribution is 0.604. The van der Waals surface area contributed by atoms with Crippen LogP contribution in [0.2, 0.25) is 5.02 Å². The van der Waals surface area contributed by atoms with Crippen molar-refractivity contribution in [3.63, 3.8) is 0 Å². The maximum Gasteiger partial charge on any atom is 0.141 e. The van der Waals surface area contributed by atoms with Crippen LogP contribution in [0.25, 0.3) is 6.08 Å². The van der Waals surface area contributed by atoms with Crippen molar-refractivity contribution in [2.75, 3.05) is 6.54 Å². The van der Waals surface area contributed by atoms with Gasteiger partial charge in [-0.05, 0) is 44.5 Å². The van der Waals surface area contributed by atoms with Crippen molar-refractivity contribution in [1.82, 2.24) is 5.32 Å². The molecule has 0 fully saturated rings. The molecule has 0 saturated carbocycles. The summed E-state index contributed by atoms with van der Waals surface area (Å²) in [6, 6.07) is 5.09. The van der Waals surface area contributed by atoms with E-state index in [0.717, 1.165) is 18.5 Å². The van der Waals surface area contributed by atoms with Gasteiger partial charge in [-0.15, -0.1) is 0 Å². The fourth-order valence-corrected chi connectivity index (χ4v) is 1.70. The second-order valence-electron chi connectivity index (χ2n) is 4.24. The summed E-state index contributed by atoms with van der Waals surface area (Å²) >= 11 is 5.74. The quantitative estimate of drug-likeness (QED) is 0.829. The fourth-order valence-electron chi connectivity index (χ4n) is 1.51. The Morgan fingerprint density at radius 1 is 1.53 bits per heavy atom. The number of halogens is 2. The topological polar surface area (TPSA) is 12.0 Å². The number of hydrogen-bond donors (Lipinski definition) is 1. The van der Waals surface area contributed by atoms with Crippen molar-refractivity contribution in [3.8, 4) is 0 Å². The third-order valence-electron chi connectivity index (χ3n) is 2.72. The Hall–Kier alpha value is -0.860. The molecule has 94 valence electrons. The first-order valence-corrected chi connectivity index (χ1v) is 6.29. The lowest BCUT2D eigenvalue weighted by Crippen LogP contribution is -2.27. The van der Waals surface area contributed by atoms with E-state index in [4.69, 9.17) is 11.6 Å². The zero-order valence-electron chi connectivity index (χ0n) is 10.6. The molecule has 0 heterocycles. The molecule has 0 aromatic heterocycles. The summed E-state index contributed by atoms with van der Waals surface area (Å²) < 4.78 is 13.0. The van der Waals surface area contributed by atoms with Crippen molar-refractivity contribution >= 4 is 17.7 Å². The van der Waals surface area contributed by atoms with E-state index < -0.39 is 0 Å². The average Bonchev–Trinajstić information content (AvgIpc) is 2.30. The first-order chi connectivity index (χ1) is 8.04. The van der Waals surface area contributed by atoms with Gasteiger partial charge in [-0.3, -0.25) is 0 Å². The zero-order valence-corrected chi connectivity index (χ0v) is 11.3. The number of nitrogens with one attached hydrogen (secondary N) is 1. The second kappa shape index (κ2) is 6.77. The molecule has 1 nitrogen and oxygen atoms in total. The Morgan fingerprint density at radius 3 is 2.82 bits per heavy atom. The molecule has 0 spiro atoms. The molecular weight excluding hydrogens is 237 g/mol. The molecule has 0 radical (unpaired) electrons. The predicted octanol–water partition coefficient (Wildman–Crippen LogP) is 4.27. The first kappa shape index (κ1) is 14.2. The van der Waals surface area contributed by atoms with Gasteiger partial charge in [0.25, 0.3) is 0 Å². The third kappa shape index (κ3) is 4.49. The molecule has 0 aliphatic heterocycles. The van der Waals surface area contributed by atoms with Crippen molar-refractivity contribution in [2.24, 2.45) is 0 Å². The summed E-state index contributed by atoms with van der Waals surface area (Å²) in [5, 5.41) is 3.57. The Kier molecular flexibility index (Phi) is 5.66. The van der Waals surface area contributed by atoms with Gasteiger partial charge in [0.2, 0.25) is 0 Å². The minimum Gasteiger partial charge on any atom is -0.311 e. The maximum absolute atomic E-state index is 13.0. The fraction of sp³-hybridized carbons (Fsp3) is 0.429. The minimum atomic E-state index is -0.376. The Morgan fingerprint density at radius 2 is 2.24 bits per heavy atom. The van der Waals surface area contributed by atoms with E-state index in [9.17, 15) is 4.39 Å². The highest BCUT2D eigenvalue weighted by Gasteiger charge is 2.04. The van der Waals surface area contributed by atoms with Gasteiger partial charge in [-0.1, -0.05) is 36.2 Å². The molecule has 1 aromatic carbocycles. The number of benzene rings is 1. The molecule has 0 bridgehead atoms. The van der Waals surface area contributed by atoms with Crippen molar-refractivity contribution in [1.29, 1.82) is 0 Å². The van der Waals surface area contributed by atoms with Gasteiger partial charge in [-0.2, -0.15) is 0 Å². The summed E-state index contributed by atoms with van der Waals surface area (Å²) in [6.07, 6.45) is 3.14. The molecule has 0 aliphatic carbocycles. The highest BCUT2D eigenvalue weighted by atomic mass is 35.5. The van der Waals surface area contributed by atoms with Crippen molar-refractivity contribution in [3.05, 3.63) is 40.2 Å². The summed E-state index contributed by atoms with van der Waals surface area (Å²) in [4.78, 5) is 0. The lowest BCUT2D eigenvalue weighted by atomic mass is 10.1. The van der Waals surface area contributed by atoms with Crippen LogP contribution in [-0.2, 0) is 0 Å². The Balaban J connectivity index is 2.76. The Labute approximate surface area is 108 Å². The smallest absolute Gasteiger partial charge is 0.141 e. The zero-order chi connectivity index (χ0) is 12.8. The molecule has 1 unspecified atom stereocenters. The highest BCUT2D eigenvalue weighted by molar-refractivity contribution is 6.30. The molecule has 3 heteroatoms. The van der Waals surface area contributed by atoms with Gasteiger partial charge in [0.1, 0.15) is 5.82 Å². The Bertz CT molecular complexity index is 401. The largest absolute Gasteiger partial charge is 0.311 e. The van der Waals surface area contributed by atoms with Gasteiger partial charge in [0, 0.05) is 6.04 Å². The predicted molar refractivity (Wildman–Crippen MR) is 72.8 cm³/mol. The van der Waals surface area contributed by atoms with Gasteiger partial charge < -0.3 is 5.32 Å². The van der Waals surface area contributed by atoms with E-state index in [1.165, 1.54) is 11.6 Å². The molecule has 1 aromatic rings. The van der Waals surface area contributed by atoms with E-state index in [0.29, 0.717) is 6.04 Å². The maximum atomic E-state index is 13.0. The molecule has 1 rings (SSSR count). The molecule has 0 amide bonds. The molecule has 1 N–H and O–H groups in total. The van der Waals surface area contributed by atoms with E-state index in [2.05, 4.69) is 26.1 Å². The van der Waals surface area contributed by atoms with Crippen molar-refractivity contribution < 1.29 is 4.39 Å². The molecule has 0 aliphatic rings. The van der Waals surface area contributed by atoms with Crippen LogP contribution in [0.1, 0.15) is 32.8 Å². The van der Waals surface area contributed by atoms with E-state index in [1.54, 1.807) is 12.1 Å². The second-order valence-corrected chi connectivity index (χ2v) is 4.64. The highest BCUT2D eigenvalue weighted by Crippen LogP contribution is 2.18. The van der Waals surface area contributed by atoms with Crippen LogP contribution in [0.5, 0.6) is 0 Å². The SMILES string of the molecule is CCCNC(C)/C(C)=C/c1ccc(F)c(Cl)c1. The summed E-state index contributed by atoms with van der Waals surface area (Å²) in [6.45, 7) is 7.31. The van der Waals surface area contributed by atoms with Gasteiger partial charge >= 0.3 is 0 Å². The molecule has 0 saturated heterocycles. The van der Waals surface area contributed by atoms with Crippen LogP contribution in [0.3, 0.4) is 0 Å². The van der Waals surface area contributed by atoms with Crippen LogP contribution in [0.4, 0.5) is 4.39 Å². The van der Waals surface area contributed by atoms with Gasteiger partial charge in [0.15, 0.2) is 0 Å². The van der Waals surface area contributed by atoms with E-state index in [1.807, 2.05) is 6.08 Å². The molecule has 1 atom stereocenters. The van der Waals surface area contributed by atoms with Crippen LogP contribution in [0, 0.1) is 5.82 Å². The number of rotatable bonds is 5. The van der Waals surface area contributed by atoms with Gasteiger partial charge in [0.05, 0.1) is 5.02 Å². The summed E-state index contributed by atoms with van der Waals surface area (Å²) in [7, 11) is 0. The summed E-state index contributed by atoms with van der Waals surface area (Å²) in [5.74, 6) is -0.376. The van der Waals surface area contributed by atoms with E-state index >= 15 is 0 Å². The van der Waals surface area contributed by atoms with E-state index in [-0.39, 0.29) is 10.8 Å². The monoisotopic (exact) mass is 255 g/mol. The number of hydrogen-bond acceptors (Lipinski definition) is 1. The van der Waals surface area contributed by atoms with Crippen LogP contribution in [0.15, 0.2) is 23.8 Å². The normalized spacial score (nSPS) is 13.8.